The summed E-state index contributed by atoms with van der Waals surface area (Å²) in [5.41, 5.74) is 1.96. The van der Waals surface area contributed by atoms with Gasteiger partial charge in [0.05, 0.1) is 5.56 Å². The van der Waals surface area contributed by atoms with Gasteiger partial charge in [-0.1, -0.05) is 24.6 Å². The Labute approximate surface area is 140 Å². The third-order valence-electron chi connectivity index (χ3n) is 3.99. The summed E-state index contributed by atoms with van der Waals surface area (Å²) in [6.07, 6.45) is 0.987. The van der Waals surface area contributed by atoms with E-state index in [1.54, 1.807) is 11.3 Å². The predicted octanol–water partition coefficient (Wildman–Crippen LogP) is 3.93. The molecule has 3 nitrogen and oxygen atoms in total. The lowest BCUT2D eigenvalue weighted by molar-refractivity contribution is 0.0747. The monoisotopic (exact) mass is 334 g/mol. The van der Waals surface area contributed by atoms with Crippen molar-refractivity contribution in [1.29, 1.82) is 0 Å². The second-order valence-electron chi connectivity index (χ2n) is 5.41. The Morgan fingerprint density at radius 2 is 2.00 bits per heavy atom. The van der Waals surface area contributed by atoms with Gasteiger partial charge in [0.2, 0.25) is 0 Å². The molecule has 22 heavy (non-hydrogen) atoms. The summed E-state index contributed by atoms with van der Waals surface area (Å²) in [5.74, 6) is 0.154. The lowest BCUT2D eigenvalue weighted by Crippen LogP contribution is -2.48. The van der Waals surface area contributed by atoms with Crippen LogP contribution in [0.4, 0.5) is 5.69 Å². The molecule has 1 amide bonds. The van der Waals surface area contributed by atoms with Crippen molar-refractivity contribution in [2.24, 2.45) is 0 Å². The van der Waals surface area contributed by atoms with E-state index in [1.165, 1.54) is 4.88 Å². The van der Waals surface area contributed by atoms with Gasteiger partial charge in [-0.2, -0.15) is 0 Å². The molecule has 1 fully saturated rings. The molecule has 1 aromatic carbocycles. The van der Waals surface area contributed by atoms with Gasteiger partial charge < -0.3 is 9.80 Å². The minimum absolute atomic E-state index is 0.154. The van der Waals surface area contributed by atoms with Crippen LogP contribution in [0.1, 0.15) is 22.2 Å². The van der Waals surface area contributed by atoms with E-state index in [0.29, 0.717) is 0 Å². The maximum Gasteiger partial charge on any atom is 0.254 e. The first-order chi connectivity index (χ1) is 10.7. The minimum atomic E-state index is 0.154. The summed E-state index contributed by atoms with van der Waals surface area (Å²) in [7, 11) is 0. The van der Waals surface area contributed by atoms with Crippen molar-refractivity contribution in [3.63, 3.8) is 0 Å². The van der Waals surface area contributed by atoms with Crippen molar-refractivity contribution in [3.05, 3.63) is 51.2 Å². The smallest absolute Gasteiger partial charge is 0.254 e. The van der Waals surface area contributed by atoms with Crippen molar-refractivity contribution >= 4 is 34.5 Å². The van der Waals surface area contributed by atoms with E-state index >= 15 is 0 Å². The summed E-state index contributed by atoms with van der Waals surface area (Å²) in [6.45, 7) is 5.31. The first kappa shape index (κ1) is 15.4. The number of piperazine rings is 1. The maximum atomic E-state index is 12.5. The molecule has 2 aromatic rings. The molecular formula is C17H19ClN2OS. The number of halogens is 1. The molecule has 5 heteroatoms. The Hall–Kier alpha value is -1.52. The molecule has 0 spiro atoms. The number of rotatable bonds is 3. The highest BCUT2D eigenvalue weighted by atomic mass is 35.5. The van der Waals surface area contributed by atoms with Gasteiger partial charge in [-0.3, -0.25) is 4.79 Å². The number of aryl methyl sites for hydroxylation is 1. The summed E-state index contributed by atoms with van der Waals surface area (Å²) >= 11 is 7.72. The Morgan fingerprint density at radius 1 is 1.23 bits per heavy atom. The molecule has 0 aliphatic carbocycles. The summed E-state index contributed by atoms with van der Waals surface area (Å²) < 4.78 is 0. The molecule has 0 radical (unpaired) electrons. The van der Waals surface area contributed by atoms with Gasteiger partial charge in [-0.25, -0.2) is 0 Å². The minimum Gasteiger partial charge on any atom is -0.368 e. The Morgan fingerprint density at radius 3 is 2.64 bits per heavy atom. The lowest BCUT2D eigenvalue weighted by atomic mass is 10.2. The quantitative estimate of drug-likeness (QED) is 0.849. The molecule has 1 aliphatic heterocycles. The van der Waals surface area contributed by atoms with Crippen molar-refractivity contribution in [2.45, 2.75) is 13.3 Å². The number of anilines is 1. The zero-order valence-corrected chi connectivity index (χ0v) is 14.2. The van der Waals surface area contributed by atoms with Crippen LogP contribution in [0.3, 0.4) is 0 Å². The maximum absolute atomic E-state index is 12.5. The van der Waals surface area contributed by atoms with Gasteiger partial charge in [0.1, 0.15) is 0 Å². The molecule has 1 aliphatic rings. The number of hydrogen-bond donors (Lipinski definition) is 0. The number of carbonyl (C=O) groups excluding carboxylic acids is 1. The molecule has 2 heterocycles. The van der Waals surface area contributed by atoms with Crippen LogP contribution >= 0.6 is 22.9 Å². The molecule has 1 aromatic heterocycles. The highest BCUT2D eigenvalue weighted by Gasteiger charge is 2.23. The van der Waals surface area contributed by atoms with E-state index in [-0.39, 0.29) is 5.91 Å². The molecule has 1 saturated heterocycles. The summed E-state index contributed by atoms with van der Waals surface area (Å²) in [4.78, 5) is 18.0. The van der Waals surface area contributed by atoms with Crippen LogP contribution in [-0.2, 0) is 6.42 Å². The number of amides is 1. The fourth-order valence-corrected chi connectivity index (χ4v) is 3.69. The van der Waals surface area contributed by atoms with Crippen LogP contribution < -0.4 is 4.90 Å². The molecule has 0 atom stereocenters. The third-order valence-corrected chi connectivity index (χ3v) is 5.31. The Kier molecular flexibility index (Phi) is 4.69. The fourth-order valence-electron chi connectivity index (χ4n) is 2.70. The zero-order chi connectivity index (χ0) is 15.5. The SMILES string of the molecule is CCc1cc(C(=O)N2CCN(c3cccc(Cl)c3)CC2)cs1. The molecule has 3 rings (SSSR count). The molecule has 0 unspecified atom stereocenters. The normalized spacial score (nSPS) is 15.2. The second kappa shape index (κ2) is 6.71. The van der Waals surface area contributed by atoms with Crippen LogP contribution in [-0.4, -0.2) is 37.0 Å². The van der Waals surface area contributed by atoms with Crippen LogP contribution in [0.5, 0.6) is 0 Å². The van der Waals surface area contributed by atoms with E-state index in [0.717, 1.165) is 48.9 Å². The molecule has 0 saturated carbocycles. The highest BCUT2D eigenvalue weighted by Crippen LogP contribution is 2.22. The molecule has 0 bridgehead atoms. The summed E-state index contributed by atoms with van der Waals surface area (Å²) in [5, 5.41) is 2.73. The largest absolute Gasteiger partial charge is 0.368 e. The van der Waals surface area contributed by atoms with Crippen LogP contribution in [0.15, 0.2) is 35.7 Å². The van der Waals surface area contributed by atoms with E-state index in [4.69, 9.17) is 11.6 Å². The Balaban J connectivity index is 1.62. The fraction of sp³-hybridized carbons (Fsp3) is 0.353. The van der Waals surface area contributed by atoms with Gasteiger partial charge in [0.15, 0.2) is 0 Å². The van der Waals surface area contributed by atoms with Crippen LogP contribution in [0.25, 0.3) is 0 Å². The highest BCUT2D eigenvalue weighted by molar-refractivity contribution is 7.10. The van der Waals surface area contributed by atoms with Crippen molar-refractivity contribution in [1.82, 2.24) is 4.90 Å². The average Bonchev–Trinajstić information content (AvgIpc) is 3.03. The first-order valence-corrected chi connectivity index (χ1v) is 8.80. The van der Waals surface area contributed by atoms with Crippen LogP contribution in [0, 0.1) is 0 Å². The Bertz CT molecular complexity index is 662. The zero-order valence-electron chi connectivity index (χ0n) is 12.6. The standard InChI is InChI=1S/C17H19ClN2OS/c1-2-16-10-13(12-22-16)17(21)20-8-6-19(7-9-20)15-5-3-4-14(18)11-15/h3-5,10-12H,2,6-9H2,1H3. The van der Waals surface area contributed by atoms with Crippen molar-refractivity contribution in [2.75, 3.05) is 31.1 Å². The average molecular weight is 335 g/mol. The number of benzene rings is 1. The number of hydrogen-bond acceptors (Lipinski definition) is 3. The van der Waals surface area contributed by atoms with E-state index in [2.05, 4.69) is 17.9 Å². The van der Waals surface area contributed by atoms with E-state index < -0.39 is 0 Å². The van der Waals surface area contributed by atoms with Crippen molar-refractivity contribution in [3.8, 4) is 0 Å². The van der Waals surface area contributed by atoms with Crippen LogP contribution in [0.2, 0.25) is 5.02 Å². The van der Waals surface area contributed by atoms with Gasteiger partial charge >= 0.3 is 0 Å². The van der Waals surface area contributed by atoms with Gasteiger partial charge in [0, 0.05) is 47.1 Å². The van der Waals surface area contributed by atoms with Gasteiger partial charge in [0.25, 0.3) is 5.91 Å². The molecule has 116 valence electrons. The van der Waals surface area contributed by atoms with Gasteiger partial charge in [-0.05, 0) is 30.7 Å². The predicted molar refractivity (Wildman–Crippen MR) is 93.3 cm³/mol. The van der Waals surface area contributed by atoms with Gasteiger partial charge in [-0.15, -0.1) is 11.3 Å². The van der Waals surface area contributed by atoms with E-state index in [9.17, 15) is 4.79 Å². The summed E-state index contributed by atoms with van der Waals surface area (Å²) in [6, 6.07) is 9.91. The molecular weight excluding hydrogens is 316 g/mol. The second-order valence-corrected chi connectivity index (χ2v) is 6.85. The third kappa shape index (κ3) is 3.28. The number of carbonyl (C=O) groups is 1. The first-order valence-electron chi connectivity index (χ1n) is 7.54. The van der Waals surface area contributed by atoms with E-state index in [1.807, 2.05) is 34.5 Å². The topological polar surface area (TPSA) is 23.6 Å². The number of thiophene rings is 1. The van der Waals surface area contributed by atoms with Crippen molar-refractivity contribution < 1.29 is 4.79 Å². The molecule has 0 N–H and O–H groups in total. The number of nitrogens with zero attached hydrogens (tertiary/aromatic N) is 2. The lowest BCUT2D eigenvalue weighted by Gasteiger charge is -2.36.